The summed E-state index contributed by atoms with van der Waals surface area (Å²) in [6.45, 7) is 4.89. The molecule has 0 atom stereocenters. The molecule has 3 heteroatoms. The highest BCUT2D eigenvalue weighted by atomic mass is 16.5. The van der Waals surface area contributed by atoms with Crippen molar-refractivity contribution in [2.75, 3.05) is 6.61 Å². The monoisotopic (exact) mass is 288 g/mol. The van der Waals surface area contributed by atoms with Crippen molar-refractivity contribution >= 4 is 5.78 Å². The Kier molecular flexibility index (Phi) is 3.78. The first-order valence-corrected chi connectivity index (χ1v) is 7.99. The van der Waals surface area contributed by atoms with Crippen LogP contribution in [-0.4, -0.2) is 23.6 Å². The fourth-order valence-electron chi connectivity index (χ4n) is 3.56. The Morgan fingerprint density at radius 3 is 2.71 bits per heavy atom. The van der Waals surface area contributed by atoms with Gasteiger partial charge in [-0.25, -0.2) is 0 Å². The van der Waals surface area contributed by atoms with Crippen molar-refractivity contribution in [3.05, 3.63) is 29.3 Å². The molecule has 3 nitrogen and oxygen atoms in total. The van der Waals surface area contributed by atoms with Gasteiger partial charge in [-0.05, 0) is 55.7 Å². The van der Waals surface area contributed by atoms with E-state index < -0.39 is 0 Å². The second kappa shape index (κ2) is 5.45. The van der Waals surface area contributed by atoms with Gasteiger partial charge in [-0.2, -0.15) is 0 Å². The lowest BCUT2D eigenvalue weighted by Gasteiger charge is -2.33. The third-order valence-corrected chi connectivity index (χ3v) is 4.83. The molecule has 1 fully saturated rings. The van der Waals surface area contributed by atoms with E-state index in [1.165, 1.54) is 0 Å². The molecule has 0 aromatic heterocycles. The van der Waals surface area contributed by atoms with Gasteiger partial charge in [-0.3, -0.25) is 4.79 Å². The van der Waals surface area contributed by atoms with Crippen LogP contribution in [0.5, 0.6) is 5.75 Å². The number of hydrogen-bond acceptors (Lipinski definition) is 3. The van der Waals surface area contributed by atoms with E-state index in [0.717, 1.165) is 49.0 Å². The Bertz CT molecular complexity index is 539. The lowest BCUT2D eigenvalue weighted by molar-refractivity contribution is 0.0513. The van der Waals surface area contributed by atoms with Crippen LogP contribution in [0.2, 0.25) is 0 Å². The number of ether oxygens (including phenoxy) is 1. The van der Waals surface area contributed by atoms with Gasteiger partial charge < -0.3 is 9.84 Å². The number of ketones is 1. The van der Waals surface area contributed by atoms with Crippen LogP contribution in [0.1, 0.15) is 55.5 Å². The number of Topliss-reactive ketones (excluding diaryl/α,β-unsaturated/α-hetero) is 1. The highest BCUT2D eigenvalue weighted by molar-refractivity contribution is 6.05. The molecule has 1 N–H and O–H groups in total. The van der Waals surface area contributed by atoms with Crippen LogP contribution in [0.3, 0.4) is 0 Å². The summed E-state index contributed by atoms with van der Waals surface area (Å²) < 4.78 is 5.74. The lowest BCUT2D eigenvalue weighted by Crippen LogP contribution is -2.34. The number of benzene rings is 1. The van der Waals surface area contributed by atoms with Crippen molar-refractivity contribution in [2.45, 2.75) is 52.1 Å². The molecule has 1 aromatic carbocycles. The van der Waals surface area contributed by atoms with Crippen molar-refractivity contribution in [1.82, 2.24) is 0 Å². The summed E-state index contributed by atoms with van der Waals surface area (Å²) in [6, 6.07) is 5.94. The van der Waals surface area contributed by atoms with E-state index in [4.69, 9.17) is 4.74 Å². The van der Waals surface area contributed by atoms with Crippen molar-refractivity contribution in [2.24, 2.45) is 11.3 Å². The number of fused-ring (bicyclic) bond motifs is 1. The van der Waals surface area contributed by atoms with Crippen molar-refractivity contribution < 1.29 is 14.6 Å². The molecule has 1 aromatic rings. The minimum Gasteiger partial charge on any atom is -0.493 e. The normalized spacial score (nSPS) is 28.2. The first-order chi connectivity index (χ1) is 10.00. The van der Waals surface area contributed by atoms with E-state index in [1.807, 2.05) is 18.2 Å². The minimum atomic E-state index is -0.252. The summed E-state index contributed by atoms with van der Waals surface area (Å²) >= 11 is 0. The maximum atomic E-state index is 12.8. The summed E-state index contributed by atoms with van der Waals surface area (Å²) in [6.07, 6.45) is 3.72. The smallest absolute Gasteiger partial charge is 0.169 e. The van der Waals surface area contributed by atoms with Gasteiger partial charge in [0.2, 0.25) is 0 Å². The quantitative estimate of drug-likeness (QED) is 0.927. The van der Waals surface area contributed by atoms with Crippen molar-refractivity contribution in [3.8, 4) is 5.75 Å². The van der Waals surface area contributed by atoms with Gasteiger partial charge in [-0.1, -0.05) is 19.9 Å². The number of hydrogen-bond donors (Lipinski definition) is 1. The van der Waals surface area contributed by atoms with E-state index in [2.05, 4.69) is 13.8 Å². The van der Waals surface area contributed by atoms with E-state index in [-0.39, 0.29) is 17.3 Å². The van der Waals surface area contributed by atoms with Crippen LogP contribution in [0.15, 0.2) is 18.2 Å². The molecule has 1 spiro atoms. The Morgan fingerprint density at radius 2 is 2.05 bits per heavy atom. The van der Waals surface area contributed by atoms with Crippen molar-refractivity contribution in [3.63, 3.8) is 0 Å². The van der Waals surface area contributed by atoms with Crippen LogP contribution >= 0.6 is 0 Å². The Balaban J connectivity index is 1.80. The molecule has 0 saturated heterocycles. The number of carbonyl (C=O) groups excluding carboxylic acids is 1. The van der Waals surface area contributed by atoms with Crippen LogP contribution in [0.25, 0.3) is 0 Å². The standard InChI is InChI=1S/C18H24O3/c1-12(2)11-21-15-4-3-13-10-18(17(20)16(13)9-15)7-5-14(19)6-8-18/h3-4,9,12,14,19H,5-8,10-11H2,1-2H3. The van der Waals surface area contributed by atoms with E-state index in [1.54, 1.807) is 0 Å². The zero-order valence-corrected chi connectivity index (χ0v) is 12.9. The summed E-state index contributed by atoms with van der Waals surface area (Å²) in [5.74, 6) is 1.53. The van der Waals surface area contributed by atoms with E-state index >= 15 is 0 Å². The molecule has 114 valence electrons. The molecular formula is C18H24O3. The molecule has 21 heavy (non-hydrogen) atoms. The zero-order valence-electron chi connectivity index (χ0n) is 12.9. The topological polar surface area (TPSA) is 46.5 Å². The first-order valence-electron chi connectivity index (χ1n) is 7.99. The Morgan fingerprint density at radius 1 is 1.33 bits per heavy atom. The van der Waals surface area contributed by atoms with Crippen LogP contribution in [-0.2, 0) is 6.42 Å². The minimum absolute atomic E-state index is 0.225. The molecule has 1 saturated carbocycles. The SMILES string of the molecule is CC(C)COc1ccc2c(c1)C(=O)C1(CCC(O)CC1)C2. The highest BCUT2D eigenvalue weighted by Gasteiger charge is 2.47. The van der Waals surface area contributed by atoms with Gasteiger partial charge in [0.25, 0.3) is 0 Å². The molecule has 3 rings (SSSR count). The molecule has 0 unspecified atom stereocenters. The molecule has 0 amide bonds. The van der Waals surface area contributed by atoms with E-state index in [0.29, 0.717) is 12.5 Å². The second-order valence-electron chi connectivity index (χ2n) is 7.04. The largest absolute Gasteiger partial charge is 0.493 e. The lowest BCUT2D eigenvalue weighted by atomic mass is 9.70. The number of aliphatic hydroxyl groups excluding tert-OH is 1. The fourth-order valence-corrected chi connectivity index (χ4v) is 3.56. The number of aliphatic hydroxyl groups is 1. The summed E-state index contributed by atoms with van der Waals surface area (Å²) in [4.78, 5) is 12.8. The van der Waals surface area contributed by atoms with Gasteiger partial charge in [0.1, 0.15) is 5.75 Å². The summed E-state index contributed by atoms with van der Waals surface area (Å²) in [5.41, 5.74) is 1.74. The molecular weight excluding hydrogens is 264 g/mol. The maximum Gasteiger partial charge on any atom is 0.169 e. The highest BCUT2D eigenvalue weighted by Crippen LogP contribution is 2.47. The third kappa shape index (κ3) is 2.71. The van der Waals surface area contributed by atoms with E-state index in [9.17, 15) is 9.90 Å². The molecule has 0 radical (unpaired) electrons. The van der Waals surface area contributed by atoms with Crippen LogP contribution in [0, 0.1) is 11.3 Å². The third-order valence-electron chi connectivity index (χ3n) is 4.83. The molecule has 2 aliphatic rings. The average molecular weight is 288 g/mol. The summed E-state index contributed by atoms with van der Waals surface area (Å²) in [5, 5.41) is 9.69. The molecule has 0 bridgehead atoms. The molecule has 2 aliphatic carbocycles. The van der Waals surface area contributed by atoms with Gasteiger partial charge in [0.15, 0.2) is 5.78 Å². The zero-order chi connectivity index (χ0) is 15.0. The Hall–Kier alpha value is -1.35. The van der Waals surface area contributed by atoms with Crippen LogP contribution in [0.4, 0.5) is 0 Å². The van der Waals surface area contributed by atoms with Gasteiger partial charge in [0.05, 0.1) is 12.7 Å². The fraction of sp³-hybridized carbons (Fsp3) is 0.611. The first kappa shape index (κ1) is 14.6. The van der Waals surface area contributed by atoms with Crippen LogP contribution < -0.4 is 4.74 Å². The Labute approximate surface area is 126 Å². The van der Waals surface area contributed by atoms with Gasteiger partial charge in [0, 0.05) is 11.0 Å². The maximum absolute atomic E-state index is 12.8. The van der Waals surface area contributed by atoms with Gasteiger partial charge >= 0.3 is 0 Å². The predicted molar refractivity (Wildman–Crippen MR) is 81.7 cm³/mol. The summed E-state index contributed by atoms with van der Waals surface area (Å²) in [7, 11) is 0. The van der Waals surface area contributed by atoms with Gasteiger partial charge in [-0.15, -0.1) is 0 Å². The number of rotatable bonds is 3. The molecule has 0 aliphatic heterocycles. The second-order valence-corrected chi connectivity index (χ2v) is 7.04. The average Bonchev–Trinajstić information content (AvgIpc) is 2.73. The van der Waals surface area contributed by atoms with Crippen molar-refractivity contribution in [1.29, 1.82) is 0 Å². The molecule has 0 heterocycles. The predicted octanol–water partition coefficient (Wildman–Crippen LogP) is 3.38. The number of carbonyl (C=O) groups is 1.